The van der Waals surface area contributed by atoms with Crippen LogP contribution in [0, 0.1) is 31.3 Å². The molecule has 4 rings (SSSR count). The Bertz CT molecular complexity index is 1540. The molecule has 1 aromatic heterocycles. The summed E-state index contributed by atoms with van der Waals surface area (Å²) < 4.78 is 73.4. The number of aliphatic carboxylic acids is 1. The summed E-state index contributed by atoms with van der Waals surface area (Å²) in [5, 5.41) is 13.6. The lowest BCUT2D eigenvalue weighted by Crippen LogP contribution is -2.52. The molecule has 2 N–H and O–H groups in total. The third-order valence-corrected chi connectivity index (χ3v) is 6.17. The number of hydrogen-bond donors (Lipinski definition) is 2. The summed E-state index contributed by atoms with van der Waals surface area (Å²) in [5.41, 5.74) is 1.99. The first-order valence-electron chi connectivity index (χ1n) is 11.8. The lowest BCUT2D eigenvalue weighted by molar-refractivity contribution is -0.192. The van der Waals surface area contributed by atoms with Crippen molar-refractivity contribution in [1.82, 2.24) is 15.1 Å². The first-order valence-corrected chi connectivity index (χ1v) is 11.8. The van der Waals surface area contributed by atoms with E-state index in [1.165, 1.54) is 28.0 Å². The molecule has 218 valence electrons. The van der Waals surface area contributed by atoms with Gasteiger partial charge in [0.25, 0.3) is 11.5 Å². The van der Waals surface area contributed by atoms with Gasteiger partial charge in [-0.2, -0.15) is 18.3 Å². The van der Waals surface area contributed by atoms with E-state index in [0.717, 1.165) is 12.1 Å². The van der Waals surface area contributed by atoms with Gasteiger partial charge in [-0.1, -0.05) is 6.07 Å². The Morgan fingerprint density at radius 3 is 2.15 bits per heavy atom. The van der Waals surface area contributed by atoms with Crippen LogP contribution in [0.25, 0.3) is 0 Å². The minimum atomic E-state index is -5.08. The van der Waals surface area contributed by atoms with Crippen molar-refractivity contribution in [3.05, 3.63) is 92.2 Å². The second-order valence-corrected chi connectivity index (χ2v) is 8.94. The Morgan fingerprint density at radius 2 is 1.59 bits per heavy atom. The van der Waals surface area contributed by atoms with Crippen molar-refractivity contribution in [2.75, 3.05) is 24.5 Å². The minimum Gasteiger partial charge on any atom is -0.475 e. The first kappa shape index (κ1) is 30.8. The van der Waals surface area contributed by atoms with E-state index in [1.807, 2.05) is 0 Å². The highest BCUT2D eigenvalue weighted by Gasteiger charge is 2.38. The molecule has 3 aromatic rings. The van der Waals surface area contributed by atoms with Gasteiger partial charge in [-0.15, -0.1) is 0 Å². The van der Waals surface area contributed by atoms with Crippen LogP contribution >= 0.6 is 0 Å². The second kappa shape index (κ2) is 12.2. The number of carbonyl (C=O) groups excluding carboxylic acids is 2. The van der Waals surface area contributed by atoms with Crippen molar-refractivity contribution in [3.63, 3.8) is 0 Å². The van der Waals surface area contributed by atoms with Crippen LogP contribution < -0.4 is 10.5 Å². The second-order valence-electron chi connectivity index (χ2n) is 8.94. The molecule has 1 saturated heterocycles. The third kappa shape index (κ3) is 7.49. The number of H-pyrrole nitrogens is 1. The topological polar surface area (TPSA) is 124 Å². The van der Waals surface area contributed by atoms with E-state index in [4.69, 9.17) is 9.90 Å². The van der Waals surface area contributed by atoms with Gasteiger partial charge in [-0.3, -0.25) is 14.4 Å². The average Bonchev–Trinajstić information content (AvgIpc) is 2.88. The van der Waals surface area contributed by atoms with Crippen molar-refractivity contribution < 1.29 is 45.8 Å². The van der Waals surface area contributed by atoms with Crippen LogP contribution in [0.15, 0.2) is 41.2 Å². The molecule has 1 aliphatic heterocycles. The number of aromatic amines is 1. The quantitative estimate of drug-likeness (QED) is 0.453. The normalized spacial score (nSPS) is 13.5. The van der Waals surface area contributed by atoms with Gasteiger partial charge in [0.2, 0.25) is 5.91 Å². The summed E-state index contributed by atoms with van der Waals surface area (Å²) in [6.45, 7) is 3.15. The van der Waals surface area contributed by atoms with Crippen molar-refractivity contribution in [1.29, 1.82) is 0 Å². The molecular formula is C26H22F6N4O5. The first-order chi connectivity index (χ1) is 19.1. The molecule has 0 unspecified atom stereocenters. The van der Waals surface area contributed by atoms with Gasteiger partial charge >= 0.3 is 12.1 Å². The Hall–Kier alpha value is -4.69. The number of nitrogens with one attached hydrogen (secondary N) is 1. The molecule has 2 aromatic carbocycles. The number of rotatable bonds is 4. The predicted molar refractivity (Wildman–Crippen MR) is 132 cm³/mol. The molecule has 0 bridgehead atoms. The maximum Gasteiger partial charge on any atom is 0.490 e. The molecular weight excluding hydrogens is 562 g/mol. The van der Waals surface area contributed by atoms with Crippen LogP contribution in [0.4, 0.5) is 32.0 Å². The largest absolute Gasteiger partial charge is 0.490 e. The number of aromatic nitrogens is 2. The minimum absolute atomic E-state index is 0.00848. The number of carboxylic acids is 1. The fourth-order valence-corrected chi connectivity index (χ4v) is 3.87. The van der Waals surface area contributed by atoms with Crippen LogP contribution in [0.5, 0.6) is 0 Å². The summed E-state index contributed by atoms with van der Waals surface area (Å²) >= 11 is 0. The van der Waals surface area contributed by atoms with E-state index in [0.29, 0.717) is 28.5 Å². The molecule has 2 heterocycles. The summed E-state index contributed by atoms with van der Waals surface area (Å²) in [5.74, 6) is -6.33. The molecule has 41 heavy (non-hydrogen) atoms. The van der Waals surface area contributed by atoms with Crippen LogP contribution in [0.1, 0.15) is 32.7 Å². The standard InChI is InChI=1S/C24H21F3N4O3.C2HF3O2/c1-13-14(2)23(33)29-28-21(13)8-15-3-4-20(27)19(7-15)24(34)30-5-6-31(22(32)12-30)18-10-16(25)9-17(26)11-18;3-2(4,5)1(6)7/h3-4,7,9-11H,5-6,8,12H2,1-2H3,(H,29,33);(H,6,7). The van der Waals surface area contributed by atoms with Gasteiger partial charge in [0.15, 0.2) is 0 Å². The highest BCUT2D eigenvalue weighted by atomic mass is 19.4. The number of benzene rings is 2. The van der Waals surface area contributed by atoms with Gasteiger partial charge < -0.3 is 14.9 Å². The lowest BCUT2D eigenvalue weighted by atomic mass is 10.0. The van der Waals surface area contributed by atoms with Gasteiger partial charge in [0.05, 0.1) is 11.3 Å². The molecule has 15 heteroatoms. The monoisotopic (exact) mass is 584 g/mol. The zero-order valence-corrected chi connectivity index (χ0v) is 21.5. The molecule has 9 nitrogen and oxygen atoms in total. The van der Waals surface area contributed by atoms with Gasteiger partial charge in [0.1, 0.15) is 24.0 Å². The predicted octanol–water partition coefficient (Wildman–Crippen LogP) is 3.52. The van der Waals surface area contributed by atoms with Crippen molar-refractivity contribution in [2.24, 2.45) is 0 Å². The average molecular weight is 584 g/mol. The Kier molecular flexibility index (Phi) is 9.20. The molecule has 0 atom stereocenters. The zero-order chi connectivity index (χ0) is 30.6. The Balaban J connectivity index is 0.000000587. The van der Waals surface area contributed by atoms with Crippen molar-refractivity contribution in [3.8, 4) is 0 Å². The number of nitrogens with zero attached hydrogens (tertiary/aromatic N) is 3. The van der Waals surface area contributed by atoms with Crippen molar-refractivity contribution in [2.45, 2.75) is 26.4 Å². The summed E-state index contributed by atoms with van der Waals surface area (Å²) in [7, 11) is 0. The van der Waals surface area contributed by atoms with Crippen LogP contribution in [0.2, 0.25) is 0 Å². The number of halogens is 6. The number of alkyl halides is 3. The van der Waals surface area contributed by atoms with Gasteiger partial charge in [-0.25, -0.2) is 23.1 Å². The summed E-state index contributed by atoms with van der Waals surface area (Å²) in [4.78, 5) is 48.6. The number of piperazine rings is 1. The Morgan fingerprint density at radius 1 is 0.976 bits per heavy atom. The lowest BCUT2D eigenvalue weighted by Gasteiger charge is -2.34. The zero-order valence-electron chi connectivity index (χ0n) is 21.5. The van der Waals surface area contributed by atoms with Crippen molar-refractivity contribution >= 4 is 23.5 Å². The van der Waals surface area contributed by atoms with Gasteiger partial charge in [0, 0.05) is 36.8 Å². The van der Waals surface area contributed by atoms with E-state index in [9.17, 15) is 40.7 Å². The molecule has 0 saturated carbocycles. The van der Waals surface area contributed by atoms with Gasteiger partial charge in [-0.05, 0) is 49.2 Å². The highest BCUT2D eigenvalue weighted by molar-refractivity contribution is 6.01. The van der Waals surface area contributed by atoms with E-state index in [2.05, 4.69) is 10.2 Å². The Labute approximate surface area is 228 Å². The number of amides is 2. The highest BCUT2D eigenvalue weighted by Crippen LogP contribution is 2.23. The molecule has 1 aliphatic rings. The van der Waals surface area contributed by atoms with E-state index in [-0.39, 0.29) is 42.9 Å². The van der Waals surface area contributed by atoms with E-state index < -0.39 is 41.4 Å². The third-order valence-electron chi connectivity index (χ3n) is 6.17. The number of carboxylic acid groups (broad SMARTS) is 1. The smallest absolute Gasteiger partial charge is 0.475 e. The fourth-order valence-electron chi connectivity index (χ4n) is 3.87. The summed E-state index contributed by atoms with van der Waals surface area (Å²) in [6, 6.07) is 6.87. The van der Waals surface area contributed by atoms with Crippen LogP contribution in [-0.2, 0) is 16.0 Å². The van der Waals surface area contributed by atoms with E-state index in [1.54, 1.807) is 13.8 Å². The molecule has 0 aliphatic carbocycles. The van der Waals surface area contributed by atoms with E-state index >= 15 is 0 Å². The van der Waals surface area contributed by atoms with Crippen LogP contribution in [0.3, 0.4) is 0 Å². The molecule has 0 spiro atoms. The SMILES string of the molecule is Cc1c(Cc2ccc(F)c(C(=O)N3CCN(c4cc(F)cc(F)c4)C(=O)C3)c2)n[nH]c(=O)c1C.O=C(O)C(F)(F)F. The number of anilines is 1. The maximum atomic E-state index is 14.5. The maximum absolute atomic E-state index is 14.5. The summed E-state index contributed by atoms with van der Waals surface area (Å²) in [6.07, 6.45) is -4.82. The molecule has 0 radical (unpaired) electrons. The molecule has 2 amide bonds. The fraction of sp³-hybridized carbons (Fsp3) is 0.269. The van der Waals surface area contributed by atoms with Crippen LogP contribution in [-0.4, -0.2) is 63.8 Å². The number of hydrogen-bond acceptors (Lipinski definition) is 5. The number of carbonyl (C=O) groups is 3. The molecule has 1 fully saturated rings.